The van der Waals surface area contributed by atoms with Gasteiger partial charge in [0.15, 0.2) is 0 Å². The Labute approximate surface area is 188 Å². The SMILES string of the molecule is CC(C)CC(=O)N1Cc2ccccc2CC1C(=O)NC1CCN(C(=O)c2ccoc2)CC1. The van der Waals surface area contributed by atoms with Gasteiger partial charge in [-0.05, 0) is 36.0 Å². The van der Waals surface area contributed by atoms with Crippen LogP contribution in [0.5, 0.6) is 0 Å². The van der Waals surface area contributed by atoms with Crippen molar-refractivity contribution in [2.75, 3.05) is 13.1 Å². The van der Waals surface area contributed by atoms with E-state index in [9.17, 15) is 14.4 Å². The van der Waals surface area contributed by atoms with Gasteiger partial charge in [-0.15, -0.1) is 0 Å². The van der Waals surface area contributed by atoms with Gasteiger partial charge in [0.05, 0.1) is 11.8 Å². The maximum absolute atomic E-state index is 13.3. The highest BCUT2D eigenvalue weighted by Gasteiger charge is 2.36. The first-order chi connectivity index (χ1) is 15.4. The minimum Gasteiger partial charge on any atom is -0.472 e. The van der Waals surface area contributed by atoms with Crippen LogP contribution in [0.1, 0.15) is 54.6 Å². The molecule has 3 heterocycles. The van der Waals surface area contributed by atoms with E-state index in [0.717, 1.165) is 11.1 Å². The van der Waals surface area contributed by atoms with Crippen molar-refractivity contribution >= 4 is 17.7 Å². The number of hydrogen-bond donors (Lipinski definition) is 1. The molecule has 3 amide bonds. The van der Waals surface area contributed by atoms with E-state index >= 15 is 0 Å². The molecule has 7 nitrogen and oxygen atoms in total. The van der Waals surface area contributed by atoms with Crippen LogP contribution in [-0.4, -0.2) is 52.7 Å². The van der Waals surface area contributed by atoms with Crippen LogP contribution < -0.4 is 5.32 Å². The number of amides is 3. The molecule has 1 aromatic heterocycles. The molecule has 2 aliphatic heterocycles. The molecule has 1 fully saturated rings. The van der Waals surface area contributed by atoms with E-state index in [-0.39, 0.29) is 29.7 Å². The van der Waals surface area contributed by atoms with E-state index in [1.807, 2.05) is 38.1 Å². The number of benzene rings is 1. The van der Waals surface area contributed by atoms with Gasteiger partial charge < -0.3 is 19.5 Å². The lowest BCUT2D eigenvalue weighted by Crippen LogP contribution is -2.56. The Kier molecular flexibility index (Phi) is 6.63. The summed E-state index contributed by atoms with van der Waals surface area (Å²) in [6.45, 7) is 5.67. The maximum atomic E-state index is 13.3. The molecule has 1 atom stereocenters. The lowest BCUT2D eigenvalue weighted by atomic mass is 9.92. The molecule has 2 aromatic rings. The minimum absolute atomic E-state index is 0.00452. The summed E-state index contributed by atoms with van der Waals surface area (Å²) in [7, 11) is 0. The zero-order valence-electron chi connectivity index (χ0n) is 18.8. The number of hydrogen-bond acceptors (Lipinski definition) is 4. The number of carbonyl (C=O) groups excluding carboxylic acids is 3. The van der Waals surface area contributed by atoms with E-state index in [2.05, 4.69) is 5.32 Å². The smallest absolute Gasteiger partial charge is 0.257 e. The second-order valence-corrected chi connectivity index (χ2v) is 9.20. The van der Waals surface area contributed by atoms with Gasteiger partial charge in [0, 0.05) is 38.5 Å². The Balaban J connectivity index is 1.40. The highest BCUT2D eigenvalue weighted by atomic mass is 16.3. The van der Waals surface area contributed by atoms with Gasteiger partial charge in [0.25, 0.3) is 5.91 Å². The fourth-order valence-electron chi connectivity index (χ4n) is 4.58. The summed E-state index contributed by atoms with van der Waals surface area (Å²) >= 11 is 0. The van der Waals surface area contributed by atoms with Crippen molar-refractivity contribution in [1.82, 2.24) is 15.1 Å². The lowest BCUT2D eigenvalue weighted by Gasteiger charge is -2.38. The molecule has 0 radical (unpaired) electrons. The summed E-state index contributed by atoms with van der Waals surface area (Å²) in [5, 5.41) is 3.16. The van der Waals surface area contributed by atoms with Gasteiger partial charge in [-0.2, -0.15) is 0 Å². The highest BCUT2D eigenvalue weighted by molar-refractivity contribution is 5.94. The average molecular weight is 438 g/mol. The van der Waals surface area contributed by atoms with E-state index in [4.69, 9.17) is 4.42 Å². The average Bonchev–Trinajstić information content (AvgIpc) is 3.32. The molecule has 2 aliphatic rings. The van der Waals surface area contributed by atoms with Crippen LogP contribution in [0.3, 0.4) is 0 Å². The number of likely N-dealkylation sites (tertiary alicyclic amines) is 1. The van der Waals surface area contributed by atoms with Crippen molar-refractivity contribution in [3.05, 3.63) is 59.5 Å². The molecular weight excluding hydrogens is 406 g/mol. The number of rotatable bonds is 5. The standard InChI is InChI=1S/C25H31N3O4/c1-17(2)13-23(29)28-15-19-6-4-3-5-18(19)14-22(28)24(30)26-21-7-10-27(11-8-21)25(31)20-9-12-32-16-20/h3-6,9,12,16-17,21-22H,7-8,10-11,13-15H2,1-2H3,(H,26,30). The lowest BCUT2D eigenvalue weighted by molar-refractivity contribution is -0.142. The second kappa shape index (κ2) is 9.59. The van der Waals surface area contributed by atoms with E-state index in [1.165, 1.54) is 12.5 Å². The molecule has 0 bridgehead atoms. The Morgan fingerprint density at radius 2 is 1.81 bits per heavy atom. The number of fused-ring (bicyclic) bond motifs is 1. The van der Waals surface area contributed by atoms with Crippen molar-refractivity contribution in [2.45, 2.75) is 58.2 Å². The number of piperidine rings is 1. The molecule has 1 saturated heterocycles. The van der Waals surface area contributed by atoms with Gasteiger partial charge in [-0.1, -0.05) is 38.1 Å². The van der Waals surface area contributed by atoms with Crippen LogP contribution in [0.15, 0.2) is 47.3 Å². The van der Waals surface area contributed by atoms with Crippen molar-refractivity contribution in [3.63, 3.8) is 0 Å². The Morgan fingerprint density at radius 1 is 1.09 bits per heavy atom. The number of nitrogens with zero attached hydrogens (tertiary/aromatic N) is 2. The molecule has 32 heavy (non-hydrogen) atoms. The van der Waals surface area contributed by atoms with Crippen LogP contribution in [-0.2, 0) is 22.6 Å². The fourth-order valence-corrected chi connectivity index (χ4v) is 4.58. The van der Waals surface area contributed by atoms with E-state index < -0.39 is 6.04 Å². The van der Waals surface area contributed by atoms with Crippen molar-refractivity contribution in [2.24, 2.45) is 5.92 Å². The van der Waals surface area contributed by atoms with Gasteiger partial charge >= 0.3 is 0 Å². The summed E-state index contributed by atoms with van der Waals surface area (Å²) < 4.78 is 5.01. The van der Waals surface area contributed by atoms with Crippen LogP contribution in [0.25, 0.3) is 0 Å². The van der Waals surface area contributed by atoms with Crippen LogP contribution in [0.4, 0.5) is 0 Å². The molecule has 1 unspecified atom stereocenters. The molecule has 0 saturated carbocycles. The monoisotopic (exact) mass is 437 g/mol. The second-order valence-electron chi connectivity index (χ2n) is 9.20. The van der Waals surface area contributed by atoms with Gasteiger partial charge in [-0.25, -0.2) is 0 Å². The topological polar surface area (TPSA) is 82.9 Å². The normalized spacial score (nSPS) is 19.0. The summed E-state index contributed by atoms with van der Waals surface area (Å²) in [5.74, 6) is 0.116. The summed E-state index contributed by atoms with van der Waals surface area (Å²) in [4.78, 5) is 42.3. The first-order valence-electron chi connectivity index (χ1n) is 11.4. The molecule has 1 N–H and O–H groups in total. The van der Waals surface area contributed by atoms with Crippen LogP contribution >= 0.6 is 0 Å². The predicted molar refractivity (Wildman–Crippen MR) is 120 cm³/mol. The Morgan fingerprint density at radius 3 is 2.47 bits per heavy atom. The molecule has 0 aliphatic carbocycles. The largest absolute Gasteiger partial charge is 0.472 e. The third-order valence-electron chi connectivity index (χ3n) is 6.35. The first-order valence-corrected chi connectivity index (χ1v) is 11.4. The predicted octanol–water partition coefficient (Wildman–Crippen LogP) is 3.00. The highest BCUT2D eigenvalue weighted by Crippen LogP contribution is 2.25. The first kappa shape index (κ1) is 22.1. The summed E-state index contributed by atoms with van der Waals surface area (Å²) in [6, 6.07) is 9.19. The number of furan rings is 1. The number of nitrogens with one attached hydrogen (secondary N) is 1. The van der Waals surface area contributed by atoms with E-state index in [1.54, 1.807) is 15.9 Å². The molecular formula is C25H31N3O4. The van der Waals surface area contributed by atoms with Gasteiger partial charge in [0.2, 0.25) is 11.8 Å². The molecule has 4 rings (SSSR count). The van der Waals surface area contributed by atoms with Crippen molar-refractivity contribution < 1.29 is 18.8 Å². The third kappa shape index (κ3) is 4.87. The molecule has 0 spiro atoms. The zero-order chi connectivity index (χ0) is 22.7. The minimum atomic E-state index is -0.498. The maximum Gasteiger partial charge on any atom is 0.257 e. The summed E-state index contributed by atoms with van der Waals surface area (Å²) in [5.41, 5.74) is 2.79. The van der Waals surface area contributed by atoms with Gasteiger partial charge in [0.1, 0.15) is 12.3 Å². The van der Waals surface area contributed by atoms with Crippen LogP contribution in [0, 0.1) is 5.92 Å². The molecule has 1 aromatic carbocycles. The molecule has 7 heteroatoms. The number of carbonyl (C=O) groups is 3. The molecule has 170 valence electrons. The third-order valence-corrected chi connectivity index (χ3v) is 6.35. The van der Waals surface area contributed by atoms with Crippen molar-refractivity contribution in [3.8, 4) is 0 Å². The van der Waals surface area contributed by atoms with Gasteiger partial charge in [-0.3, -0.25) is 14.4 Å². The summed E-state index contributed by atoms with van der Waals surface area (Å²) in [6.07, 6.45) is 5.30. The van der Waals surface area contributed by atoms with Crippen molar-refractivity contribution in [1.29, 1.82) is 0 Å². The van der Waals surface area contributed by atoms with E-state index in [0.29, 0.717) is 50.9 Å². The Hall–Kier alpha value is -3.09. The zero-order valence-corrected chi connectivity index (χ0v) is 18.8. The van der Waals surface area contributed by atoms with Crippen LogP contribution in [0.2, 0.25) is 0 Å². The fraction of sp³-hybridized carbons (Fsp3) is 0.480. The Bertz CT molecular complexity index is 961. The quantitative estimate of drug-likeness (QED) is 0.780.